The van der Waals surface area contributed by atoms with Crippen LogP contribution in [0.4, 0.5) is 0 Å². The van der Waals surface area contributed by atoms with Crippen molar-refractivity contribution in [3.05, 3.63) is 35.4 Å². The molecule has 0 aliphatic carbocycles. The van der Waals surface area contributed by atoms with E-state index in [-0.39, 0.29) is 5.91 Å². The highest BCUT2D eigenvalue weighted by molar-refractivity contribution is 5.93. The molecule has 1 amide bonds. The summed E-state index contributed by atoms with van der Waals surface area (Å²) in [6.45, 7) is 5.03. The van der Waals surface area contributed by atoms with Crippen molar-refractivity contribution in [3.63, 3.8) is 0 Å². The maximum absolute atomic E-state index is 11.8. The van der Waals surface area contributed by atoms with Crippen molar-refractivity contribution in [2.75, 3.05) is 13.6 Å². The maximum Gasteiger partial charge on any atom is 0.265 e. The summed E-state index contributed by atoms with van der Waals surface area (Å²) in [7, 11) is 1.89. The normalized spacial score (nSPS) is 10.5. The Hall–Kier alpha value is -1.35. The summed E-state index contributed by atoms with van der Waals surface area (Å²) < 4.78 is 0. The molecule has 0 radical (unpaired) electrons. The van der Waals surface area contributed by atoms with E-state index >= 15 is 0 Å². The fraction of sp³-hybridized carbons (Fsp3) is 0.462. The molecule has 0 saturated carbocycles. The van der Waals surface area contributed by atoms with Gasteiger partial charge in [-0.1, -0.05) is 31.0 Å². The molecule has 0 bridgehead atoms. The molecule has 88 valence electrons. The summed E-state index contributed by atoms with van der Waals surface area (Å²) in [5, 5.41) is 1.84. The van der Waals surface area contributed by atoms with Gasteiger partial charge in [-0.25, -0.2) is 5.01 Å². The zero-order valence-corrected chi connectivity index (χ0v) is 10.3. The molecule has 3 heteroatoms. The van der Waals surface area contributed by atoms with E-state index in [4.69, 9.17) is 0 Å². The topological polar surface area (TPSA) is 32.3 Å². The fourth-order valence-electron chi connectivity index (χ4n) is 1.39. The minimum Gasteiger partial charge on any atom is -0.285 e. The second kappa shape index (κ2) is 6.28. The quantitative estimate of drug-likeness (QED) is 0.773. The largest absolute Gasteiger partial charge is 0.285 e. The van der Waals surface area contributed by atoms with Gasteiger partial charge < -0.3 is 0 Å². The molecule has 3 nitrogen and oxygen atoms in total. The van der Waals surface area contributed by atoms with Crippen molar-refractivity contribution in [1.82, 2.24) is 10.4 Å². The van der Waals surface area contributed by atoms with Gasteiger partial charge in [0.1, 0.15) is 0 Å². The molecule has 0 atom stereocenters. The van der Waals surface area contributed by atoms with Gasteiger partial charge in [-0.3, -0.25) is 10.2 Å². The number of aryl methyl sites for hydroxylation is 1. The average Bonchev–Trinajstić information content (AvgIpc) is 2.27. The van der Waals surface area contributed by atoms with Crippen LogP contribution in [-0.4, -0.2) is 24.5 Å². The van der Waals surface area contributed by atoms with Crippen LogP contribution >= 0.6 is 0 Å². The van der Waals surface area contributed by atoms with Crippen LogP contribution in [0.25, 0.3) is 0 Å². The van der Waals surface area contributed by atoms with Crippen LogP contribution in [0.5, 0.6) is 0 Å². The lowest BCUT2D eigenvalue weighted by Gasteiger charge is -2.17. The van der Waals surface area contributed by atoms with E-state index in [0.717, 1.165) is 24.9 Å². The first kappa shape index (κ1) is 12.7. The number of carbonyl (C=O) groups is 1. The third-order valence-corrected chi connectivity index (χ3v) is 2.45. The molecule has 0 saturated heterocycles. The summed E-state index contributed by atoms with van der Waals surface area (Å²) in [4.78, 5) is 11.8. The van der Waals surface area contributed by atoms with Gasteiger partial charge in [0.05, 0.1) is 0 Å². The molecular weight excluding hydrogens is 200 g/mol. The highest BCUT2D eigenvalue weighted by Gasteiger charge is 2.06. The van der Waals surface area contributed by atoms with Gasteiger partial charge in [-0.15, -0.1) is 0 Å². The Labute approximate surface area is 97.4 Å². The number of hydrogen-bond donors (Lipinski definition) is 1. The second-order valence-corrected chi connectivity index (χ2v) is 4.08. The molecule has 0 heterocycles. The lowest BCUT2D eigenvalue weighted by atomic mass is 10.1. The zero-order valence-electron chi connectivity index (χ0n) is 10.3. The minimum atomic E-state index is -0.0430. The highest BCUT2D eigenvalue weighted by Crippen LogP contribution is 2.03. The van der Waals surface area contributed by atoms with Crippen molar-refractivity contribution >= 4 is 5.91 Å². The van der Waals surface area contributed by atoms with E-state index < -0.39 is 0 Å². The molecule has 0 aliphatic heterocycles. The highest BCUT2D eigenvalue weighted by atomic mass is 16.2. The molecular formula is C13H20N2O. The Morgan fingerprint density at radius 3 is 2.50 bits per heavy atom. The van der Waals surface area contributed by atoms with Crippen LogP contribution in [0.1, 0.15) is 35.7 Å². The van der Waals surface area contributed by atoms with E-state index in [2.05, 4.69) is 12.3 Å². The van der Waals surface area contributed by atoms with Crippen molar-refractivity contribution in [1.29, 1.82) is 0 Å². The summed E-state index contributed by atoms with van der Waals surface area (Å²) in [6, 6.07) is 7.58. The standard InChI is InChI=1S/C13H20N2O/c1-4-5-10-15(3)14-13(16)12-8-6-11(2)7-9-12/h6-9H,4-5,10H2,1-3H3,(H,14,16). The van der Waals surface area contributed by atoms with Crippen LogP contribution < -0.4 is 5.43 Å². The summed E-state index contributed by atoms with van der Waals surface area (Å²) in [6.07, 6.45) is 2.22. The number of nitrogens with one attached hydrogen (secondary N) is 1. The van der Waals surface area contributed by atoms with E-state index in [9.17, 15) is 4.79 Å². The first-order chi connectivity index (χ1) is 7.63. The number of amides is 1. The molecule has 1 aromatic carbocycles. The third-order valence-electron chi connectivity index (χ3n) is 2.45. The predicted molar refractivity (Wildman–Crippen MR) is 66.2 cm³/mol. The number of unbranched alkanes of at least 4 members (excludes halogenated alkanes) is 1. The van der Waals surface area contributed by atoms with Gasteiger partial charge in [-0.2, -0.15) is 0 Å². The Morgan fingerprint density at radius 2 is 1.94 bits per heavy atom. The van der Waals surface area contributed by atoms with Crippen LogP contribution in [0.2, 0.25) is 0 Å². The van der Waals surface area contributed by atoms with Crippen LogP contribution in [0, 0.1) is 6.92 Å². The van der Waals surface area contributed by atoms with E-state index in [1.165, 1.54) is 0 Å². The van der Waals surface area contributed by atoms with Crippen molar-refractivity contribution < 1.29 is 4.79 Å². The first-order valence-electron chi connectivity index (χ1n) is 5.72. The summed E-state index contributed by atoms with van der Waals surface area (Å²) in [5.74, 6) is -0.0430. The van der Waals surface area contributed by atoms with Gasteiger partial charge >= 0.3 is 0 Å². The zero-order chi connectivity index (χ0) is 12.0. The number of hydrazine groups is 1. The minimum absolute atomic E-state index is 0.0430. The molecule has 0 aliphatic rings. The Morgan fingerprint density at radius 1 is 1.31 bits per heavy atom. The second-order valence-electron chi connectivity index (χ2n) is 4.08. The first-order valence-corrected chi connectivity index (χ1v) is 5.72. The molecule has 0 fully saturated rings. The number of hydrogen-bond acceptors (Lipinski definition) is 2. The van der Waals surface area contributed by atoms with Gasteiger partial charge in [-0.05, 0) is 25.5 Å². The third kappa shape index (κ3) is 4.03. The average molecular weight is 220 g/mol. The Bertz CT molecular complexity index is 332. The molecule has 16 heavy (non-hydrogen) atoms. The SMILES string of the molecule is CCCCN(C)NC(=O)c1ccc(C)cc1. The summed E-state index contributed by atoms with van der Waals surface area (Å²) >= 11 is 0. The van der Waals surface area contributed by atoms with Crippen LogP contribution in [-0.2, 0) is 0 Å². The number of rotatable bonds is 5. The smallest absolute Gasteiger partial charge is 0.265 e. The molecule has 1 aromatic rings. The van der Waals surface area contributed by atoms with Crippen LogP contribution in [0.3, 0.4) is 0 Å². The Balaban J connectivity index is 2.48. The van der Waals surface area contributed by atoms with Gasteiger partial charge in [0.2, 0.25) is 0 Å². The predicted octanol–water partition coefficient (Wildman–Crippen LogP) is 2.37. The fourth-order valence-corrected chi connectivity index (χ4v) is 1.39. The van der Waals surface area contributed by atoms with Crippen molar-refractivity contribution in [2.24, 2.45) is 0 Å². The lowest BCUT2D eigenvalue weighted by Crippen LogP contribution is -2.39. The van der Waals surface area contributed by atoms with Crippen LogP contribution in [0.15, 0.2) is 24.3 Å². The number of carbonyl (C=O) groups excluding carboxylic acids is 1. The maximum atomic E-state index is 11.8. The molecule has 1 N–H and O–H groups in total. The molecule has 0 unspecified atom stereocenters. The van der Waals surface area contributed by atoms with Crippen molar-refractivity contribution in [3.8, 4) is 0 Å². The molecule has 0 spiro atoms. The lowest BCUT2D eigenvalue weighted by molar-refractivity contribution is 0.0827. The monoisotopic (exact) mass is 220 g/mol. The molecule has 0 aromatic heterocycles. The Kier molecular flexibility index (Phi) is 4.99. The van der Waals surface area contributed by atoms with Gasteiger partial charge in [0, 0.05) is 19.2 Å². The van der Waals surface area contributed by atoms with Crippen molar-refractivity contribution in [2.45, 2.75) is 26.7 Å². The number of benzene rings is 1. The van der Waals surface area contributed by atoms with Gasteiger partial charge in [0.25, 0.3) is 5.91 Å². The van der Waals surface area contributed by atoms with E-state index in [1.807, 2.05) is 43.2 Å². The van der Waals surface area contributed by atoms with E-state index in [0.29, 0.717) is 5.56 Å². The number of nitrogens with zero attached hydrogens (tertiary/aromatic N) is 1. The summed E-state index contributed by atoms with van der Waals surface area (Å²) in [5.41, 5.74) is 4.71. The molecule has 1 rings (SSSR count). The van der Waals surface area contributed by atoms with E-state index in [1.54, 1.807) is 0 Å². The van der Waals surface area contributed by atoms with Gasteiger partial charge in [0.15, 0.2) is 0 Å².